The maximum atomic E-state index is 12.5. The summed E-state index contributed by atoms with van der Waals surface area (Å²) < 4.78 is 6.18. The molecule has 0 bridgehead atoms. The Morgan fingerprint density at radius 1 is 1.29 bits per heavy atom. The van der Waals surface area contributed by atoms with Crippen LogP contribution in [0.3, 0.4) is 0 Å². The van der Waals surface area contributed by atoms with E-state index in [1.165, 1.54) is 15.1 Å². The quantitative estimate of drug-likeness (QED) is 0.492. The highest BCUT2D eigenvalue weighted by atomic mass is 32.1. The van der Waals surface area contributed by atoms with Gasteiger partial charge in [-0.25, -0.2) is 4.98 Å². The van der Waals surface area contributed by atoms with Crippen LogP contribution in [0.15, 0.2) is 24.3 Å². The Hall–Kier alpha value is -1.84. The average molecular weight is 417 g/mol. The van der Waals surface area contributed by atoms with Crippen LogP contribution in [0.2, 0.25) is 0 Å². The van der Waals surface area contributed by atoms with Crippen molar-refractivity contribution in [3.63, 3.8) is 0 Å². The summed E-state index contributed by atoms with van der Waals surface area (Å²) in [5, 5.41) is 11.7. The third-order valence-electron chi connectivity index (χ3n) is 4.70. The molecule has 1 aliphatic rings. The predicted octanol–water partition coefficient (Wildman–Crippen LogP) is 3.24. The number of carbonyl (C=O) groups is 1. The van der Waals surface area contributed by atoms with Crippen LogP contribution in [0, 0.1) is 0 Å². The fourth-order valence-corrected chi connectivity index (χ4v) is 5.66. The molecule has 4 rings (SSSR count). The number of hydrogen-bond donors (Lipinski definition) is 3. The lowest BCUT2D eigenvalue weighted by Gasteiger charge is -2.13. The van der Waals surface area contributed by atoms with Gasteiger partial charge in [-0.1, -0.05) is 12.1 Å². The molecule has 1 amide bonds. The van der Waals surface area contributed by atoms with Gasteiger partial charge in [-0.3, -0.25) is 4.79 Å². The maximum Gasteiger partial charge on any atom is 0.226 e. The van der Waals surface area contributed by atoms with Crippen LogP contribution in [-0.2, 0) is 22.5 Å². The Morgan fingerprint density at radius 3 is 3.04 bits per heavy atom. The molecule has 0 spiro atoms. The Bertz CT molecular complexity index is 933. The number of fused-ring (bicyclic) bond motifs is 2. The first kappa shape index (κ1) is 19.5. The highest BCUT2D eigenvalue weighted by Crippen LogP contribution is 2.44. The number of nitrogens with zero attached hydrogens (tertiary/aromatic N) is 1. The van der Waals surface area contributed by atoms with Crippen molar-refractivity contribution in [2.45, 2.75) is 19.4 Å². The van der Waals surface area contributed by atoms with Crippen molar-refractivity contribution in [3.8, 4) is 10.6 Å². The molecular weight excluding hydrogens is 392 g/mol. The molecule has 2 aromatic heterocycles. The number of nitrogens with one attached hydrogen (secondary N) is 3. The third kappa shape index (κ3) is 4.26. The molecule has 0 saturated heterocycles. The topological polar surface area (TPSA) is 75.3 Å². The largest absolute Gasteiger partial charge is 0.383 e. The first-order chi connectivity index (χ1) is 13.8. The van der Waals surface area contributed by atoms with E-state index in [9.17, 15) is 4.79 Å². The summed E-state index contributed by atoms with van der Waals surface area (Å²) in [6.45, 7) is 3.84. The monoisotopic (exact) mass is 416 g/mol. The van der Waals surface area contributed by atoms with Crippen LogP contribution in [0.1, 0.15) is 16.9 Å². The van der Waals surface area contributed by atoms with E-state index in [4.69, 9.17) is 9.72 Å². The molecule has 0 aliphatic carbocycles. The number of anilines is 1. The minimum absolute atomic E-state index is 0.0267. The number of benzene rings is 1. The molecule has 0 fully saturated rings. The fraction of sp³-hybridized carbons (Fsp3) is 0.400. The first-order valence-corrected chi connectivity index (χ1v) is 11.1. The molecule has 0 atom stereocenters. The Morgan fingerprint density at radius 2 is 2.18 bits per heavy atom. The highest BCUT2D eigenvalue weighted by molar-refractivity contribution is 7.22. The summed E-state index contributed by atoms with van der Waals surface area (Å²) in [6.07, 6.45) is 1.40. The number of thiophene rings is 1. The van der Waals surface area contributed by atoms with Gasteiger partial charge >= 0.3 is 0 Å². The number of para-hydroxylation sites is 1. The van der Waals surface area contributed by atoms with Gasteiger partial charge in [-0.05, 0) is 30.7 Å². The van der Waals surface area contributed by atoms with Gasteiger partial charge in [0.15, 0.2) is 0 Å². The van der Waals surface area contributed by atoms with Crippen molar-refractivity contribution in [1.29, 1.82) is 0 Å². The van der Waals surface area contributed by atoms with E-state index in [2.05, 4.69) is 22.0 Å². The van der Waals surface area contributed by atoms with E-state index >= 15 is 0 Å². The van der Waals surface area contributed by atoms with Crippen LogP contribution in [0.5, 0.6) is 0 Å². The molecule has 0 unspecified atom stereocenters. The van der Waals surface area contributed by atoms with Gasteiger partial charge < -0.3 is 20.7 Å². The van der Waals surface area contributed by atoms with Crippen molar-refractivity contribution in [2.24, 2.45) is 0 Å². The standard InChI is InChI=1S/C20H24N4O2S2/c1-26-11-10-21-9-7-17(25)24-20-18(13-6-8-22-12-16(13)28-20)19-23-14-4-2-3-5-15(14)27-19/h2-5,21-22H,6-12H2,1H3,(H,24,25). The van der Waals surface area contributed by atoms with Gasteiger partial charge in [0, 0.05) is 43.6 Å². The van der Waals surface area contributed by atoms with E-state index in [-0.39, 0.29) is 5.91 Å². The Balaban J connectivity index is 1.57. The normalized spacial score (nSPS) is 13.6. The van der Waals surface area contributed by atoms with Gasteiger partial charge in [-0.2, -0.15) is 0 Å². The highest BCUT2D eigenvalue weighted by Gasteiger charge is 2.24. The third-order valence-corrected chi connectivity index (χ3v) is 6.90. The lowest BCUT2D eigenvalue weighted by molar-refractivity contribution is -0.116. The van der Waals surface area contributed by atoms with Gasteiger partial charge in [0.25, 0.3) is 0 Å². The van der Waals surface area contributed by atoms with Crippen molar-refractivity contribution in [3.05, 3.63) is 34.7 Å². The number of thiazole rings is 1. The summed E-state index contributed by atoms with van der Waals surface area (Å²) in [7, 11) is 1.67. The fourth-order valence-electron chi connectivity index (χ4n) is 3.32. The molecule has 148 valence electrons. The van der Waals surface area contributed by atoms with Crippen LogP contribution in [0.4, 0.5) is 5.00 Å². The molecule has 0 saturated carbocycles. The van der Waals surface area contributed by atoms with Gasteiger partial charge in [0.1, 0.15) is 10.0 Å². The molecule has 1 aromatic carbocycles. The number of rotatable bonds is 8. The molecular formula is C20H24N4O2S2. The van der Waals surface area contributed by atoms with Gasteiger partial charge in [0.2, 0.25) is 5.91 Å². The van der Waals surface area contributed by atoms with Crippen molar-refractivity contribution in [2.75, 3.05) is 38.7 Å². The summed E-state index contributed by atoms with van der Waals surface area (Å²) in [4.78, 5) is 18.7. The van der Waals surface area contributed by atoms with Crippen LogP contribution < -0.4 is 16.0 Å². The molecule has 6 nitrogen and oxygen atoms in total. The lowest BCUT2D eigenvalue weighted by atomic mass is 10.0. The van der Waals surface area contributed by atoms with E-state index in [1.807, 2.05) is 18.2 Å². The second kappa shape index (κ2) is 9.11. The van der Waals surface area contributed by atoms with Gasteiger partial charge in [-0.15, -0.1) is 22.7 Å². The minimum atomic E-state index is 0.0267. The van der Waals surface area contributed by atoms with Crippen LogP contribution >= 0.6 is 22.7 Å². The second-order valence-electron chi connectivity index (χ2n) is 6.66. The number of methoxy groups -OCH3 is 1. The smallest absolute Gasteiger partial charge is 0.226 e. The number of aromatic nitrogens is 1. The van der Waals surface area contributed by atoms with E-state index in [0.717, 1.165) is 47.1 Å². The molecule has 1 aliphatic heterocycles. The van der Waals surface area contributed by atoms with Crippen LogP contribution in [-0.4, -0.2) is 44.2 Å². The first-order valence-electron chi connectivity index (χ1n) is 9.47. The summed E-state index contributed by atoms with van der Waals surface area (Å²) >= 11 is 3.37. The summed E-state index contributed by atoms with van der Waals surface area (Å²) in [5.74, 6) is 0.0267. The van der Waals surface area contributed by atoms with Crippen LogP contribution in [0.25, 0.3) is 20.8 Å². The van der Waals surface area contributed by atoms with E-state index in [1.54, 1.807) is 29.8 Å². The number of carbonyl (C=O) groups excluding carboxylic acids is 1. The SMILES string of the molecule is COCCNCCC(=O)Nc1sc2c(c1-c1nc3ccccc3s1)CCNC2. The Kier molecular flexibility index (Phi) is 6.33. The average Bonchev–Trinajstić information content (AvgIpc) is 3.28. The molecule has 3 N–H and O–H groups in total. The molecule has 0 radical (unpaired) electrons. The number of ether oxygens (including phenoxy) is 1. The molecule has 8 heteroatoms. The second-order valence-corrected chi connectivity index (χ2v) is 8.80. The zero-order valence-corrected chi connectivity index (χ0v) is 17.5. The molecule has 3 aromatic rings. The summed E-state index contributed by atoms with van der Waals surface area (Å²) in [6, 6.07) is 8.19. The maximum absolute atomic E-state index is 12.5. The van der Waals surface area contributed by atoms with Crippen molar-refractivity contribution >= 4 is 43.8 Å². The molecule has 3 heterocycles. The number of hydrogen-bond acceptors (Lipinski definition) is 7. The zero-order chi connectivity index (χ0) is 19.3. The predicted molar refractivity (Wildman–Crippen MR) is 116 cm³/mol. The van der Waals surface area contributed by atoms with Crippen molar-refractivity contribution < 1.29 is 9.53 Å². The number of amides is 1. The van der Waals surface area contributed by atoms with E-state index in [0.29, 0.717) is 19.6 Å². The van der Waals surface area contributed by atoms with Crippen molar-refractivity contribution in [1.82, 2.24) is 15.6 Å². The Labute approximate surface area is 172 Å². The lowest BCUT2D eigenvalue weighted by Crippen LogP contribution is -2.24. The molecule has 28 heavy (non-hydrogen) atoms. The summed E-state index contributed by atoms with van der Waals surface area (Å²) in [5.41, 5.74) is 3.45. The zero-order valence-electron chi connectivity index (χ0n) is 15.8. The minimum Gasteiger partial charge on any atom is -0.383 e. The van der Waals surface area contributed by atoms with Gasteiger partial charge in [0.05, 0.1) is 16.8 Å². The van der Waals surface area contributed by atoms with E-state index < -0.39 is 0 Å².